The summed E-state index contributed by atoms with van der Waals surface area (Å²) in [5, 5.41) is 15.1. The molecular weight excluding hydrogens is 311 g/mol. The van der Waals surface area contributed by atoms with E-state index in [-0.39, 0.29) is 0 Å². The van der Waals surface area contributed by atoms with Crippen LogP contribution in [0.15, 0.2) is 24.4 Å². The van der Waals surface area contributed by atoms with Gasteiger partial charge in [0.1, 0.15) is 0 Å². The first-order chi connectivity index (χ1) is 10.0. The smallest absolute Gasteiger partial charge is 0.249 e. The van der Waals surface area contributed by atoms with Crippen LogP contribution in [0.4, 0.5) is 17.5 Å². The third kappa shape index (κ3) is 5.00. The Kier molecular flexibility index (Phi) is 5.55. The van der Waals surface area contributed by atoms with E-state index in [9.17, 15) is 0 Å². The highest BCUT2D eigenvalue weighted by molar-refractivity contribution is 6.35. The number of nitrogens with zero attached hydrogens (tertiary/aromatic N) is 4. The van der Waals surface area contributed by atoms with Gasteiger partial charge in [-0.2, -0.15) is 10.1 Å². The minimum absolute atomic E-state index is 0.356. The summed E-state index contributed by atoms with van der Waals surface area (Å²) in [6.07, 6.45) is 1.57. The topological polar surface area (TPSA) is 66.0 Å². The Balaban J connectivity index is 2.05. The van der Waals surface area contributed by atoms with E-state index in [0.29, 0.717) is 27.5 Å². The lowest BCUT2D eigenvalue weighted by atomic mass is 10.3. The van der Waals surface area contributed by atoms with Gasteiger partial charge in [-0.25, -0.2) is 0 Å². The standard InChI is InChI=1S/C13H16Cl2N6/c1-21(2)6-5-16-12-8-17-20-13(19-12)18-11-7-9(14)3-4-10(11)15/h3-4,7-8H,5-6H2,1-2H3,(H2,16,18,19,20). The monoisotopic (exact) mass is 326 g/mol. The summed E-state index contributed by atoms with van der Waals surface area (Å²) >= 11 is 12.0. The van der Waals surface area contributed by atoms with Crippen LogP contribution in [-0.2, 0) is 0 Å². The summed E-state index contributed by atoms with van der Waals surface area (Å²) in [5.41, 5.74) is 0.636. The van der Waals surface area contributed by atoms with E-state index in [0.717, 1.165) is 13.1 Å². The normalized spacial score (nSPS) is 10.7. The summed E-state index contributed by atoms with van der Waals surface area (Å²) in [5.74, 6) is 1.00. The second-order valence-corrected chi connectivity index (χ2v) is 5.49. The van der Waals surface area contributed by atoms with Gasteiger partial charge < -0.3 is 15.5 Å². The summed E-state index contributed by atoms with van der Waals surface area (Å²) in [6.45, 7) is 1.66. The van der Waals surface area contributed by atoms with Gasteiger partial charge in [0.25, 0.3) is 0 Å². The van der Waals surface area contributed by atoms with Crippen molar-refractivity contribution in [1.82, 2.24) is 20.1 Å². The molecule has 0 fully saturated rings. The second-order valence-electron chi connectivity index (χ2n) is 4.64. The summed E-state index contributed by atoms with van der Waals surface area (Å²) in [4.78, 5) is 6.40. The molecule has 1 aromatic carbocycles. The zero-order valence-corrected chi connectivity index (χ0v) is 13.3. The lowest BCUT2D eigenvalue weighted by molar-refractivity contribution is 0.425. The van der Waals surface area contributed by atoms with Gasteiger partial charge in [-0.3, -0.25) is 0 Å². The quantitative estimate of drug-likeness (QED) is 0.850. The molecule has 0 radical (unpaired) electrons. The number of anilines is 3. The van der Waals surface area contributed by atoms with Gasteiger partial charge in [-0.1, -0.05) is 23.2 Å². The molecule has 2 N–H and O–H groups in total. The largest absolute Gasteiger partial charge is 0.367 e. The fourth-order valence-electron chi connectivity index (χ4n) is 1.56. The molecule has 0 spiro atoms. The minimum Gasteiger partial charge on any atom is -0.367 e. The Morgan fingerprint density at radius 3 is 2.81 bits per heavy atom. The van der Waals surface area contributed by atoms with Crippen molar-refractivity contribution in [3.8, 4) is 0 Å². The van der Waals surface area contributed by atoms with Crippen molar-refractivity contribution in [2.75, 3.05) is 37.8 Å². The van der Waals surface area contributed by atoms with Crippen molar-refractivity contribution in [3.63, 3.8) is 0 Å². The number of rotatable bonds is 6. The molecule has 0 aliphatic heterocycles. The van der Waals surface area contributed by atoms with Crippen molar-refractivity contribution in [3.05, 3.63) is 34.4 Å². The van der Waals surface area contributed by atoms with Crippen molar-refractivity contribution in [2.45, 2.75) is 0 Å². The van der Waals surface area contributed by atoms with E-state index in [1.807, 2.05) is 14.1 Å². The van der Waals surface area contributed by atoms with Crippen molar-refractivity contribution < 1.29 is 0 Å². The lowest BCUT2D eigenvalue weighted by Crippen LogP contribution is -2.21. The Morgan fingerprint density at radius 2 is 2.05 bits per heavy atom. The highest BCUT2D eigenvalue weighted by Gasteiger charge is 2.05. The van der Waals surface area contributed by atoms with Gasteiger partial charge >= 0.3 is 0 Å². The van der Waals surface area contributed by atoms with Crippen LogP contribution in [0, 0.1) is 0 Å². The molecular formula is C13H16Cl2N6. The third-order valence-electron chi connectivity index (χ3n) is 2.60. The molecule has 2 rings (SSSR count). The number of hydrogen-bond acceptors (Lipinski definition) is 6. The number of benzene rings is 1. The first-order valence-electron chi connectivity index (χ1n) is 6.35. The average molecular weight is 327 g/mol. The first-order valence-corrected chi connectivity index (χ1v) is 7.10. The van der Waals surface area contributed by atoms with Gasteiger partial charge in [-0.05, 0) is 32.3 Å². The van der Waals surface area contributed by atoms with E-state index < -0.39 is 0 Å². The summed E-state index contributed by atoms with van der Waals surface area (Å²) in [7, 11) is 4.02. The minimum atomic E-state index is 0.356. The second kappa shape index (κ2) is 7.40. The molecule has 8 heteroatoms. The molecule has 1 heterocycles. The lowest BCUT2D eigenvalue weighted by Gasteiger charge is -2.11. The van der Waals surface area contributed by atoms with Crippen LogP contribution in [0.2, 0.25) is 10.0 Å². The SMILES string of the molecule is CN(C)CCNc1cnnc(Nc2cc(Cl)ccc2Cl)n1. The maximum atomic E-state index is 6.09. The molecule has 0 amide bonds. The van der Waals surface area contributed by atoms with Gasteiger partial charge in [0.2, 0.25) is 5.95 Å². The van der Waals surface area contributed by atoms with E-state index in [1.54, 1.807) is 24.4 Å². The molecule has 0 saturated heterocycles. The number of nitrogens with one attached hydrogen (secondary N) is 2. The van der Waals surface area contributed by atoms with Crippen LogP contribution < -0.4 is 10.6 Å². The van der Waals surface area contributed by atoms with E-state index in [2.05, 4.69) is 30.7 Å². The number of hydrogen-bond donors (Lipinski definition) is 2. The number of aromatic nitrogens is 3. The van der Waals surface area contributed by atoms with Gasteiger partial charge in [-0.15, -0.1) is 5.10 Å². The first kappa shape index (κ1) is 15.8. The van der Waals surface area contributed by atoms with Crippen molar-refractivity contribution in [1.29, 1.82) is 0 Å². The van der Waals surface area contributed by atoms with Crippen LogP contribution in [-0.4, -0.2) is 47.3 Å². The summed E-state index contributed by atoms with van der Waals surface area (Å²) in [6, 6.07) is 5.13. The molecule has 0 aliphatic carbocycles. The van der Waals surface area contributed by atoms with Gasteiger partial charge in [0.15, 0.2) is 5.82 Å². The van der Waals surface area contributed by atoms with Crippen LogP contribution in [0.25, 0.3) is 0 Å². The van der Waals surface area contributed by atoms with Crippen LogP contribution in [0.5, 0.6) is 0 Å². The molecule has 6 nitrogen and oxygen atoms in total. The Hall–Kier alpha value is -1.63. The van der Waals surface area contributed by atoms with Crippen molar-refractivity contribution in [2.24, 2.45) is 0 Å². The van der Waals surface area contributed by atoms with Gasteiger partial charge in [0, 0.05) is 18.1 Å². The van der Waals surface area contributed by atoms with Crippen molar-refractivity contribution >= 4 is 40.7 Å². The zero-order valence-electron chi connectivity index (χ0n) is 11.8. The third-order valence-corrected chi connectivity index (χ3v) is 3.16. The Morgan fingerprint density at radius 1 is 1.24 bits per heavy atom. The Bertz CT molecular complexity index is 605. The molecule has 0 saturated carbocycles. The van der Waals surface area contributed by atoms with Crippen LogP contribution in [0.1, 0.15) is 0 Å². The molecule has 2 aromatic rings. The average Bonchev–Trinajstić information content (AvgIpc) is 2.43. The van der Waals surface area contributed by atoms with E-state index in [4.69, 9.17) is 23.2 Å². The molecule has 0 atom stereocenters. The highest BCUT2D eigenvalue weighted by atomic mass is 35.5. The molecule has 0 aliphatic rings. The van der Waals surface area contributed by atoms with Crippen LogP contribution >= 0.6 is 23.2 Å². The molecule has 0 bridgehead atoms. The van der Waals surface area contributed by atoms with E-state index in [1.165, 1.54) is 0 Å². The predicted octanol–water partition coefficient (Wildman–Crippen LogP) is 2.90. The van der Waals surface area contributed by atoms with Gasteiger partial charge in [0.05, 0.1) is 16.9 Å². The number of halogens is 2. The highest BCUT2D eigenvalue weighted by Crippen LogP contribution is 2.27. The molecule has 0 unspecified atom stereocenters. The maximum Gasteiger partial charge on any atom is 0.249 e. The fourth-order valence-corrected chi connectivity index (χ4v) is 1.90. The predicted molar refractivity (Wildman–Crippen MR) is 86.6 cm³/mol. The van der Waals surface area contributed by atoms with E-state index >= 15 is 0 Å². The zero-order chi connectivity index (χ0) is 15.2. The van der Waals surface area contributed by atoms with Crippen LogP contribution in [0.3, 0.4) is 0 Å². The number of likely N-dealkylation sites (N-methyl/N-ethyl adjacent to an activating group) is 1. The summed E-state index contributed by atoms with van der Waals surface area (Å²) < 4.78 is 0. The Labute approximate surface area is 133 Å². The fraction of sp³-hybridized carbons (Fsp3) is 0.308. The maximum absolute atomic E-state index is 6.09. The molecule has 21 heavy (non-hydrogen) atoms. The molecule has 1 aromatic heterocycles. The molecule has 112 valence electrons.